The van der Waals surface area contributed by atoms with E-state index >= 15 is 0 Å². The van der Waals surface area contributed by atoms with Crippen molar-refractivity contribution in [2.24, 2.45) is 0 Å². The van der Waals surface area contributed by atoms with Crippen LogP contribution >= 0.6 is 0 Å². The van der Waals surface area contributed by atoms with Crippen LogP contribution in [-0.4, -0.2) is 27.8 Å². The third-order valence-electron chi connectivity index (χ3n) is 3.95. The largest absolute Gasteiger partial charge is 0.336 e. The average Bonchev–Trinajstić information content (AvgIpc) is 2.61. The fourth-order valence-corrected chi connectivity index (χ4v) is 2.91. The van der Waals surface area contributed by atoms with Gasteiger partial charge in [0.1, 0.15) is 5.69 Å². The summed E-state index contributed by atoms with van der Waals surface area (Å²) in [4.78, 5) is 23.1. The number of carbonyl (C=O) groups excluding carboxylic acids is 1. The van der Waals surface area contributed by atoms with Crippen molar-refractivity contribution in [1.82, 2.24) is 14.9 Å². The molecule has 2 aromatic carbocycles. The first-order valence-corrected chi connectivity index (χ1v) is 8.24. The molecule has 0 spiro atoms. The SMILES string of the molecule is Cc1cc(C)cc(CN(C)C(=O)c2ccnc(-c3ccccc3)n2)c1. The quantitative estimate of drug-likeness (QED) is 0.725. The van der Waals surface area contributed by atoms with Gasteiger partial charge in [-0.2, -0.15) is 0 Å². The topological polar surface area (TPSA) is 46.1 Å². The molecular weight excluding hydrogens is 310 g/mol. The Labute approximate surface area is 148 Å². The Kier molecular flexibility index (Phi) is 4.89. The van der Waals surface area contributed by atoms with Crippen molar-refractivity contribution in [2.45, 2.75) is 20.4 Å². The third kappa shape index (κ3) is 4.10. The van der Waals surface area contributed by atoms with Crippen LogP contribution in [0.25, 0.3) is 11.4 Å². The summed E-state index contributed by atoms with van der Waals surface area (Å²) in [7, 11) is 1.80. The molecule has 1 heterocycles. The molecule has 0 aliphatic rings. The average molecular weight is 331 g/mol. The highest BCUT2D eigenvalue weighted by molar-refractivity contribution is 5.92. The Bertz CT molecular complexity index is 870. The van der Waals surface area contributed by atoms with Crippen LogP contribution in [0, 0.1) is 13.8 Å². The molecule has 0 aliphatic heterocycles. The van der Waals surface area contributed by atoms with E-state index in [1.807, 2.05) is 30.3 Å². The van der Waals surface area contributed by atoms with Gasteiger partial charge < -0.3 is 4.90 Å². The maximum absolute atomic E-state index is 12.7. The van der Waals surface area contributed by atoms with Crippen LogP contribution in [-0.2, 0) is 6.54 Å². The van der Waals surface area contributed by atoms with Crippen LogP contribution in [0.4, 0.5) is 0 Å². The number of aromatic nitrogens is 2. The zero-order chi connectivity index (χ0) is 17.8. The van der Waals surface area contributed by atoms with E-state index in [-0.39, 0.29) is 5.91 Å². The van der Waals surface area contributed by atoms with Gasteiger partial charge in [0.25, 0.3) is 5.91 Å². The van der Waals surface area contributed by atoms with Gasteiger partial charge in [-0.05, 0) is 25.5 Å². The minimum absolute atomic E-state index is 0.112. The number of hydrogen-bond donors (Lipinski definition) is 0. The summed E-state index contributed by atoms with van der Waals surface area (Å²) < 4.78 is 0. The van der Waals surface area contributed by atoms with Gasteiger partial charge in [0.2, 0.25) is 0 Å². The molecule has 0 fully saturated rings. The molecule has 0 radical (unpaired) electrons. The Morgan fingerprint density at radius 1 is 1.00 bits per heavy atom. The van der Waals surface area contributed by atoms with Crippen molar-refractivity contribution >= 4 is 5.91 Å². The van der Waals surface area contributed by atoms with Crippen molar-refractivity contribution in [3.63, 3.8) is 0 Å². The van der Waals surface area contributed by atoms with Crippen molar-refractivity contribution in [3.8, 4) is 11.4 Å². The molecule has 0 bridgehead atoms. The molecule has 3 aromatic rings. The molecule has 0 aliphatic carbocycles. The Morgan fingerprint density at radius 2 is 1.68 bits per heavy atom. The van der Waals surface area contributed by atoms with Crippen LogP contribution in [0.5, 0.6) is 0 Å². The summed E-state index contributed by atoms with van der Waals surface area (Å²) in [5.74, 6) is 0.449. The lowest BCUT2D eigenvalue weighted by Gasteiger charge is -2.18. The second-order valence-electron chi connectivity index (χ2n) is 6.29. The van der Waals surface area contributed by atoms with Crippen molar-refractivity contribution in [3.05, 3.63) is 83.2 Å². The fraction of sp³-hybridized carbons (Fsp3) is 0.190. The first-order valence-electron chi connectivity index (χ1n) is 8.24. The molecule has 1 aromatic heterocycles. The summed E-state index contributed by atoms with van der Waals surface area (Å²) >= 11 is 0. The molecule has 126 valence electrons. The Morgan fingerprint density at radius 3 is 2.36 bits per heavy atom. The second-order valence-corrected chi connectivity index (χ2v) is 6.29. The molecule has 0 atom stereocenters. The van der Waals surface area contributed by atoms with Gasteiger partial charge >= 0.3 is 0 Å². The van der Waals surface area contributed by atoms with Crippen molar-refractivity contribution in [1.29, 1.82) is 0 Å². The summed E-state index contributed by atoms with van der Waals surface area (Å²) in [6.45, 7) is 4.68. The van der Waals surface area contributed by atoms with Crippen LogP contribution in [0.3, 0.4) is 0 Å². The number of hydrogen-bond acceptors (Lipinski definition) is 3. The van der Waals surface area contributed by atoms with E-state index in [0.29, 0.717) is 18.1 Å². The molecule has 1 amide bonds. The van der Waals surface area contributed by atoms with E-state index in [1.165, 1.54) is 11.1 Å². The summed E-state index contributed by atoms with van der Waals surface area (Å²) in [6, 6.07) is 17.7. The molecular formula is C21H21N3O. The van der Waals surface area contributed by atoms with Crippen molar-refractivity contribution < 1.29 is 4.79 Å². The maximum Gasteiger partial charge on any atom is 0.272 e. The standard InChI is InChI=1S/C21H21N3O/c1-15-11-16(2)13-17(12-15)14-24(3)21(25)19-9-10-22-20(23-19)18-7-5-4-6-8-18/h4-13H,14H2,1-3H3. The van der Waals surface area contributed by atoms with Gasteiger partial charge in [-0.3, -0.25) is 4.79 Å². The number of amides is 1. The van der Waals surface area contributed by atoms with Crippen LogP contribution in [0.2, 0.25) is 0 Å². The fourth-order valence-electron chi connectivity index (χ4n) is 2.91. The van der Waals surface area contributed by atoms with E-state index in [1.54, 1.807) is 24.2 Å². The number of rotatable bonds is 4. The predicted octanol–water partition coefficient (Wildman–Crippen LogP) is 4.03. The normalized spacial score (nSPS) is 10.5. The minimum Gasteiger partial charge on any atom is -0.336 e. The maximum atomic E-state index is 12.7. The Hall–Kier alpha value is -3.01. The minimum atomic E-state index is -0.112. The number of nitrogens with zero attached hydrogens (tertiary/aromatic N) is 3. The monoisotopic (exact) mass is 331 g/mol. The van der Waals surface area contributed by atoms with E-state index in [0.717, 1.165) is 11.1 Å². The lowest BCUT2D eigenvalue weighted by molar-refractivity contribution is 0.0779. The number of carbonyl (C=O) groups is 1. The summed E-state index contributed by atoms with van der Waals surface area (Å²) in [6.07, 6.45) is 1.63. The van der Waals surface area contributed by atoms with Gasteiger partial charge in [0, 0.05) is 25.4 Å². The lowest BCUT2D eigenvalue weighted by atomic mass is 10.1. The van der Waals surface area contributed by atoms with E-state index in [9.17, 15) is 4.79 Å². The zero-order valence-corrected chi connectivity index (χ0v) is 14.7. The van der Waals surface area contributed by atoms with Crippen LogP contribution < -0.4 is 0 Å². The molecule has 0 unspecified atom stereocenters. The van der Waals surface area contributed by atoms with Gasteiger partial charge in [-0.15, -0.1) is 0 Å². The van der Waals surface area contributed by atoms with Gasteiger partial charge in [0.05, 0.1) is 0 Å². The van der Waals surface area contributed by atoms with Gasteiger partial charge in [-0.1, -0.05) is 59.7 Å². The highest BCUT2D eigenvalue weighted by atomic mass is 16.2. The number of aryl methyl sites for hydroxylation is 2. The van der Waals surface area contributed by atoms with E-state index < -0.39 is 0 Å². The molecule has 4 nitrogen and oxygen atoms in total. The highest BCUT2D eigenvalue weighted by Gasteiger charge is 2.15. The first kappa shape index (κ1) is 16.8. The predicted molar refractivity (Wildman–Crippen MR) is 99.2 cm³/mol. The zero-order valence-electron chi connectivity index (χ0n) is 14.7. The van der Waals surface area contributed by atoms with E-state index in [4.69, 9.17) is 0 Å². The molecule has 0 saturated carbocycles. The summed E-state index contributed by atoms with van der Waals surface area (Å²) in [5.41, 5.74) is 4.81. The van der Waals surface area contributed by atoms with Crippen LogP contribution in [0.15, 0.2) is 60.8 Å². The molecule has 0 N–H and O–H groups in total. The smallest absolute Gasteiger partial charge is 0.272 e. The second kappa shape index (κ2) is 7.26. The third-order valence-corrected chi connectivity index (χ3v) is 3.95. The lowest BCUT2D eigenvalue weighted by Crippen LogP contribution is -2.27. The summed E-state index contributed by atoms with van der Waals surface area (Å²) in [5, 5.41) is 0. The first-order chi connectivity index (χ1) is 12.0. The molecule has 25 heavy (non-hydrogen) atoms. The molecule has 0 saturated heterocycles. The molecule has 3 rings (SSSR count). The van der Waals surface area contributed by atoms with E-state index in [2.05, 4.69) is 42.0 Å². The van der Waals surface area contributed by atoms with Crippen LogP contribution in [0.1, 0.15) is 27.2 Å². The van der Waals surface area contributed by atoms with Gasteiger partial charge in [-0.25, -0.2) is 9.97 Å². The number of benzene rings is 2. The Balaban J connectivity index is 1.80. The molecule has 4 heteroatoms. The van der Waals surface area contributed by atoms with Crippen molar-refractivity contribution in [2.75, 3.05) is 7.05 Å². The highest BCUT2D eigenvalue weighted by Crippen LogP contribution is 2.15. The van der Waals surface area contributed by atoms with Gasteiger partial charge in [0.15, 0.2) is 5.82 Å².